The molecule has 1 heterocycles. The van der Waals surface area contributed by atoms with Crippen LogP contribution in [0.1, 0.15) is 28.0 Å². The minimum Gasteiger partial charge on any atom is -0.478 e. The number of nitrogens with two attached hydrogens (primary N) is 2. The molecule has 5 nitrogen and oxygen atoms in total. The van der Waals surface area contributed by atoms with Crippen LogP contribution in [0.5, 0.6) is 0 Å². The number of carbonyl (C=O) groups is 1. The number of rotatable bonds is 1. The van der Waals surface area contributed by atoms with Crippen molar-refractivity contribution in [3.63, 3.8) is 0 Å². The third-order valence-corrected chi connectivity index (χ3v) is 2.51. The number of fused-ring (bicyclic) bond motifs is 1. The number of nitrogens with zero attached hydrogens (tertiary/aromatic N) is 1. The van der Waals surface area contributed by atoms with Crippen molar-refractivity contribution >= 4 is 17.5 Å². The van der Waals surface area contributed by atoms with E-state index in [9.17, 15) is 4.79 Å². The molecule has 0 atom stereocenters. The molecule has 1 aliphatic carbocycles. The first-order valence-electron chi connectivity index (χ1n) is 4.41. The van der Waals surface area contributed by atoms with Crippen LogP contribution in [0.15, 0.2) is 0 Å². The summed E-state index contributed by atoms with van der Waals surface area (Å²) in [5.74, 6) is -0.891. The second-order valence-corrected chi connectivity index (χ2v) is 3.37. The fourth-order valence-electron chi connectivity index (χ4n) is 1.86. The van der Waals surface area contributed by atoms with Crippen LogP contribution in [-0.2, 0) is 12.8 Å². The van der Waals surface area contributed by atoms with Gasteiger partial charge in [0.15, 0.2) is 0 Å². The number of aromatic carboxylic acids is 1. The van der Waals surface area contributed by atoms with Gasteiger partial charge >= 0.3 is 5.97 Å². The van der Waals surface area contributed by atoms with E-state index in [1.54, 1.807) is 0 Å². The summed E-state index contributed by atoms with van der Waals surface area (Å²) < 4.78 is 0. The van der Waals surface area contributed by atoms with E-state index >= 15 is 0 Å². The van der Waals surface area contributed by atoms with E-state index in [2.05, 4.69) is 4.98 Å². The van der Waals surface area contributed by atoms with Crippen molar-refractivity contribution in [1.82, 2.24) is 4.98 Å². The van der Waals surface area contributed by atoms with Gasteiger partial charge in [-0.25, -0.2) is 9.78 Å². The smallest absolute Gasteiger partial charge is 0.338 e. The summed E-state index contributed by atoms with van der Waals surface area (Å²) in [5.41, 5.74) is 12.9. The minimum absolute atomic E-state index is 0.0955. The van der Waals surface area contributed by atoms with Gasteiger partial charge in [0.25, 0.3) is 0 Å². The number of carboxylic acids is 1. The van der Waals surface area contributed by atoms with E-state index in [4.69, 9.17) is 16.6 Å². The molecule has 1 aromatic rings. The maximum atomic E-state index is 11.0. The predicted molar refractivity (Wildman–Crippen MR) is 52.0 cm³/mol. The molecule has 5 N–H and O–H groups in total. The highest BCUT2D eigenvalue weighted by molar-refractivity contribution is 5.98. The molecule has 0 unspecified atom stereocenters. The van der Waals surface area contributed by atoms with E-state index in [1.165, 1.54) is 0 Å². The lowest BCUT2D eigenvalue weighted by atomic mass is 10.1. The van der Waals surface area contributed by atoms with Crippen LogP contribution in [-0.4, -0.2) is 16.1 Å². The SMILES string of the molecule is Nc1nc2c(c(C(=O)O)c1N)CCC2. The molecule has 1 aromatic heterocycles. The molecule has 0 fully saturated rings. The summed E-state index contributed by atoms with van der Waals surface area (Å²) in [7, 11) is 0. The molecular formula is C9H11N3O2. The second-order valence-electron chi connectivity index (χ2n) is 3.37. The van der Waals surface area contributed by atoms with Crippen molar-refractivity contribution in [2.45, 2.75) is 19.3 Å². The zero-order valence-electron chi connectivity index (χ0n) is 7.58. The molecular weight excluding hydrogens is 182 g/mol. The normalized spacial score (nSPS) is 14.0. The monoisotopic (exact) mass is 193 g/mol. The fraction of sp³-hybridized carbons (Fsp3) is 0.333. The van der Waals surface area contributed by atoms with Crippen LogP contribution in [0, 0.1) is 0 Å². The number of aryl methyl sites for hydroxylation is 1. The highest BCUT2D eigenvalue weighted by atomic mass is 16.4. The Morgan fingerprint density at radius 3 is 2.71 bits per heavy atom. The number of anilines is 2. The topological polar surface area (TPSA) is 102 Å². The fourth-order valence-corrected chi connectivity index (χ4v) is 1.86. The van der Waals surface area contributed by atoms with Gasteiger partial charge in [0.05, 0.1) is 11.3 Å². The molecule has 1 aliphatic rings. The number of nitrogen functional groups attached to an aromatic ring is 2. The van der Waals surface area contributed by atoms with Crippen molar-refractivity contribution in [1.29, 1.82) is 0 Å². The van der Waals surface area contributed by atoms with Gasteiger partial charge in [-0.1, -0.05) is 0 Å². The summed E-state index contributed by atoms with van der Waals surface area (Å²) in [5, 5.41) is 8.99. The molecule has 0 bridgehead atoms. The first-order chi connectivity index (χ1) is 6.61. The Kier molecular flexibility index (Phi) is 1.80. The van der Waals surface area contributed by atoms with Gasteiger partial charge < -0.3 is 16.6 Å². The van der Waals surface area contributed by atoms with Crippen molar-refractivity contribution in [3.8, 4) is 0 Å². The third-order valence-electron chi connectivity index (χ3n) is 2.51. The number of hydrogen-bond acceptors (Lipinski definition) is 4. The van der Waals surface area contributed by atoms with Crippen LogP contribution >= 0.6 is 0 Å². The number of pyridine rings is 1. The Labute approximate surface area is 80.7 Å². The number of carboxylic acid groups (broad SMARTS) is 1. The predicted octanol–water partition coefficient (Wildman–Crippen LogP) is 0.433. The molecule has 0 spiro atoms. The zero-order chi connectivity index (χ0) is 10.3. The van der Waals surface area contributed by atoms with Crippen LogP contribution in [0.2, 0.25) is 0 Å². The van der Waals surface area contributed by atoms with E-state index in [0.29, 0.717) is 0 Å². The Morgan fingerprint density at radius 2 is 2.07 bits per heavy atom. The zero-order valence-corrected chi connectivity index (χ0v) is 7.58. The largest absolute Gasteiger partial charge is 0.478 e. The van der Waals surface area contributed by atoms with Crippen LogP contribution < -0.4 is 11.5 Å². The average molecular weight is 193 g/mol. The molecule has 0 saturated carbocycles. The van der Waals surface area contributed by atoms with Crippen molar-refractivity contribution in [2.24, 2.45) is 0 Å². The summed E-state index contributed by atoms with van der Waals surface area (Å²) in [6.45, 7) is 0. The van der Waals surface area contributed by atoms with E-state index in [0.717, 1.165) is 30.5 Å². The number of hydrogen-bond donors (Lipinski definition) is 3. The van der Waals surface area contributed by atoms with Gasteiger partial charge in [0.1, 0.15) is 5.82 Å². The van der Waals surface area contributed by atoms with E-state index < -0.39 is 5.97 Å². The van der Waals surface area contributed by atoms with Crippen LogP contribution in [0.25, 0.3) is 0 Å². The van der Waals surface area contributed by atoms with Gasteiger partial charge in [-0.2, -0.15) is 0 Å². The molecule has 2 rings (SSSR count). The first kappa shape index (κ1) is 8.80. The Bertz CT molecular complexity index is 415. The Morgan fingerprint density at radius 1 is 1.36 bits per heavy atom. The lowest BCUT2D eigenvalue weighted by Crippen LogP contribution is -2.11. The van der Waals surface area contributed by atoms with Gasteiger partial charge in [-0.15, -0.1) is 0 Å². The van der Waals surface area contributed by atoms with Gasteiger partial charge in [0, 0.05) is 5.69 Å². The maximum absolute atomic E-state index is 11.0. The highest BCUT2D eigenvalue weighted by Gasteiger charge is 2.24. The van der Waals surface area contributed by atoms with Gasteiger partial charge in [-0.05, 0) is 24.8 Å². The molecule has 74 valence electrons. The van der Waals surface area contributed by atoms with Crippen molar-refractivity contribution < 1.29 is 9.90 Å². The van der Waals surface area contributed by atoms with Crippen molar-refractivity contribution in [3.05, 3.63) is 16.8 Å². The summed E-state index contributed by atoms with van der Waals surface area (Å²) in [6, 6.07) is 0. The van der Waals surface area contributed by atoms with Crippen molar-refractivity contribution in [2.75, 3.05) is 11.5 Å². The molecule has 0 saturated heterocycles. The second kappa shape index (κ2) is 2.87. The van der Waals surface area contributed by atoms with Gasteiger partial charge in [0.2, 0.25) is 0 Å². The first-order valence-corrected chi connectivity index (χ1v) is 4.41. The maximum Gasteiger partial charge on any atom is 0.338 e. The lowest BCUT2D eigenvalue weighted by molar-refractivity contribution is 0.0697. The van der Waals surface area contributed by atoms with E-state index in [1.807, 2.05) is 0 Å². The van der Waals surface area contributed by atoms with E-state index in [-0.39, 0.29) is 17.1 Å². The molecule has 0 aromatic carbocycles. The lowest BCUT2D eigenvalue weighted by Gasteiger charge is -2.09. The number of aromatic nitrogens is 1. The summed E-state index contributed by atoms with van der Waals surface area (Å²) in [6.07, 6.45) is 2.44. The minimum atomic E-state index is -1.02. The highest BCUT2D eigenvalue weighted by Crippen LogP contribution is 2.30. The average Bonchev–Trinajstić information content (AvgIpc) is 2.52. The molecule has 0 aliphatic heterocycles. The molecule has 0 amide bonds. The van der Waals surface area contributed by atoms with Crippen LogP contribution in [0.3, 0.4) is 0 Å². The molecule has 5 heteroatoms. The molecule has 14 heavy (non-hydrogen) atoms. The summed E-state index contributed by atoms with van der Waals surface area (Å²) >= 11 is 0. The summed E-state index contributed by atoms with van der Waals surface area (Å²) in [4.78, 5) is 15.1. The van der Waals surface area contributed by atoms with Gasteiger partial charge in [-0.3, -0.25) is 0 Å². The Balaban J connectivity index is 2.72. The molecule has 0 radical (unpaired) electrons. The Hall–Kier alpha value is -1.78. The third kappa shape index (κ3) is 1.09. The standard InChI is InChI=1S/C9H11N3O2/c10-7-6(9(13)14)4-2-1-3-5(4)12-8(7)11/h1-3,10H2,(H2,11,12)(H,13,14). The van der Waals surface area contributed by atoms with Crippen LogP contribution in [0.4, 0.5) is 11.5 Å². The quantitative estimate of drug-likeness (QED) is 0.600.